The van der Waals surface area contributed by atoms with Gasteiger partial charge in [0.1, 0.15) is 23.0 Å². The van der Waals surface area contributed by atoms with E-state index in [0.29, 0.717) is 45.9 Å². The van der Waals surface area contributed by atoms with E-state index in [9.17, 15) is 4.79 Å². The Hall–Kier alpha value is -2.41. The molecule has 0 atom stereocenters. The van der Waals surface area contributed by atoms with Crippen LogP contribution >= 0.6 is 15.9 Å². The molecular weight excluding hydrogens is 404 g/mol. The molecule has 0 fully saturated rings. The van der Waals surface area contributed by atoms with Crippen molar-refractivity contribution in [3.63, 3.8) is 0 Å². The second-order valence-electron chi connectivity index (χ2n) is 5.13. The van der Waals surface area contributed by atoms with Crippen LogP contribution in [0.1, 0.15) is 12.5 Å². The molecule has 0 saturated heterocycles. The molecule has 0 unspecified atom stereocenters. The molecule has 7 heteroatoms. The second kappa shape index (κ2) is 8.80. The van der Waals surface area contributed by atoms with Crippen LogP contribution in [0.3, 0.4) is 0 Å². The van der Waals surface area contributed by atoms with Crippen molar-refractivity contribution in [1.29, 1.82) is 0 Å². The number of benzene rings is 2. The lowest BCUT2D eigenvalue weighted by atomic mass is 10.0. The van der Waals surface area contributed by atoms with Gasteiger partial charge in [0.25, 0.3) is 0 Å². The van der Waals surface area contributed by atoms with Gasteiger partial charge in [-0.1, -0.05) is 0 Å². The molecule has 0 saturated carbocycles. The van der Waals surface area contributed by atoms with Crippen LogP contribution in [0.15, 0.2) is 22.7 Å². The number of rotatable bonds is 7. The minimum absolute atomic E-state index is 0.306. The Balaban J connectivity index is 2.85. The van der Waals surface area contributed by atoms with E-state index in [4.69, 9.17) is 23.7 Å². The summed E-state index contributed by atoms with van der Waals surface area (Å²) >= 11 is 3.49. The van der Waals surface area contributed by atoms with Crippen LogP contribution in [0.2, 0.25) is 0 Å². The Morgan fingerprint density at radius 2 is 1.54 bits per heavy atom. The second-order valence-corrected chi connectivity index (χ2v) is 5.98. The van der Waals surface area contributed by atoms with Crippen molar-refractivity contribution in [2.24, 2.45) is 0 Å². The third kappa shape index (κ3) is 3.72. The zero-order valence-corrected chi connectivity index (χ0v) is 16.9. The van der Waals surface area contributed by atoms with Gasteiger partial charge in [0.05, 0.1) is 50.3 Å². The average Bonchev–Trinajstić information content (AvgIpc) is 2.64. The minimum atomic E-state index is -0.436. The van der Waals surface area contributed by atoms with Gasteiger partial charge < -0.3 is 23.7 Å². The van der Waals surface area contributed by atoms with E-state index in [2.05, 4.69) is 15.9 Å². The fourth-order valence-electron chi connectivity index (χ4n) is 2.71. The average molecular weight is 425 g/mol. The van der Waals surface area contributed by atoms with Gasteiger partial charge in [-0.3, -0.25) is 0 Å². The SMILES string of the molecule is CCOC(=O)/C=C/c1cc(OC)c2c(OC)c(Br)cc(OC)c2c1OC. The topological polar surface area (TPSA) is 63.2 Å². The third-order valence-electron chi connectivity index (χ3n) is 3.75. The summed E-state index contributed by atoms with van der Waals surface area (Å²) in [6.07, 6.45) is 2.96. The first-order valence-corrected chi connectivity index (χ1v) is 8.65. The number of hydrogen-bond acceptors (Lipinski definition) is 6. The Kier molecular flexibility index (Phi) is 6.74. The molecule has 140 valence electrons. The molecule has 0 amide bonds. The molecule has 2 aromatic carbocycles. The van der Waals surface area contributed by atoms with Crippen molar-refractivity contribution < 1.29 is 28.5 Å². The maximum Gasteiger partial charge on any atom is 0.330 e. The zero-order chi connectivity index (χ0) is 19.3. The van der Waals surface area contributed by atoms with E-state index >= 15 is 0 Å². The number of ether oxygens (including phenoxy) is 5. The molecule has 6 nitrogen and oxygen atoms in total. The lowest BCUT2D eigenvalue weighted by molar-refractivity contribution is -0.137. The van der Waals surface area contributed by atoms with Crippen molar-refractivity contribution in [2.75, 3.05) is 35.0 Å². The van der Waals surface area contributed by atoms with Crippen molar-refractivity contribution in [2.45, 2.75) is 6.92 Å². The van der Waals surface area contributed by atoms with E-state index in [1.165, 1.54) is 6.08 Å². The van der Waals surface area contributed by atoms with Crippen LogP contribution in [0.4, 0.5) is 0 Å². The van der Waals surface area contributed by atoms with Gasteiger partial charge in [-0.05, 0) is 41.1 Å². The summed E-state index contributed by atoms with van der Waals surface area (Å²) in [6, 6.07) is 3.56. The highest BCUT2D eigenvalue weighted by Gasteiger charge is 2.22. The zero-order valence-electron chi connectivity index (χ0n) is 15.3. The predicted octanol–water partition coefficient (Wildman–Crippen LogP) is 4.21. The van der Waals surface area contributed by atoms with E-state index in [1.807, 2.05) is 0 Å². The van der Waals surface area contributed by atoms with Crippen molar-refractivity contribution in [3.05, 3.63) is 28.2 Å². The summed E-state index contributed by atoms with van der Waals surface area (Å²) in [5, 5.41) is 1.38. The Bertz CT molecular complexity index is 844. The lowest BCUT2D eigenvalue weighted by Crippen LogP contribution is -2.00. The highest BCUT2D eigenvalue weighted by Crippen LogP contribution is 2.49. The number of carbonyl (C=O) groups is 1. The number of hydrogen-bond donors (Lipinski definition) is 0. The van der Waals surface area contributed by atoms with Crippen LogP contribution in [0.25, 0.3) is 16.8 Å². The number of halogens is 1. The highest BCUT2D eigenvalue weighted by molar-refractivity contribution is 9.10. The summed E-state index contributed by atoms with van der Waals surface area (Å²) in [5.41, 5.74) is 0.646. The van der Waals surface area contributed by atoms with Gasteiger partial charge in [-0.15, -0.1) is 0 Å². The molecule has 26 heavy (non-hydrogen) atoms. The fraction of sp³-hybridized carbons (Fsp3) is 0.316. The first-order valence-electron chi connectivity index (χ1n) is 7.86. The molecule has 0 aromatic heterocycles. The molecule has 0 radical (unpaired) electrons. The molecule has 2 rings (SSSR count). The standard InChI is InChI=1S/C19H21BrO6/c1-6-26-15(21)8-7-11-9-13(22-2)17-16(18(11)24-4)14(23-3)10-12(20)19(17)25-5/h7-10H,6H2,1-5H3/b8-7+. The molecule has 0 aliphatic carbocycles. The molecule has 0 spiro atoms. The Labute approximate surface area is 160 Å². The summed E-state index contributed by atoms with van der Waals surface area (Å²) in [7, 11) is 6.26. The quantitative estimate of drug-likeness (QED) is 0.489. The van der Waals surface area contributed by atoms with Crippen LogP contribution in [0.5, 0.6) is 23.0 Å². The smallest absolute Gasteiger partial charge is 0.330 e. The normalized spacial score (nSPS) is 10.8. The maximum atomic E-state index is 11.7. The Morgan fingerprint density at radius 3 is 2.08 bits per heavy atom. The van der Waals surface area contributed by atoms with Crippen LogP contribution in [0, 0.1) is 0 Å². The van der Waals surface area contributed by atoms with Crippen molar-refractivity contribution in [3.8, 4) is 23.0 Å². The van der Waals surface area contributed by atoms with Gasteiger partial charge in [0, 0.05) is 11.6 Å². The number of fused-ring (bicyclic) bond motifs is 1. The van der Waals surface area contributed by atoms with Gasteiger partial charge in [-0.2, -0.15) is 0 Å². The van der Waals surface area contributed by atoms with Gasteiger partial charge in [0.2, 0.25) is 0 Å². The molecule has 0 aliphatic heterocycles. The molecular formula is C19H21BrO6. The van der Waals surface area contributed by atoms with Crippen LogP contribution < -0.4 is 18.9 Å². The van der Waals surface area contributed by atoms with E-state index in [0.717, 1.165) is 4.47 Å². The van der Waals surface area contributed by atoms with Gasteiger partial charge in [-0.25, -0.2) is 4.79 Å². The lowest BCUT2D eigenvalue weighted by Gasteiger charge is -2.19. The summed E-state index contributed by atoms with van der Waals surface area (Å²) in [4.78, 5) is 11.7. The first-order chi connectivity index (χ1) is 12.5. The Morgan fingerprint density at radius 1 is 0.962 bits per heavy atom. The monoisotopic (exact) mass is 424 g/mol. The van der Waals surface area contributed by atoms with Gasteiger partial charge in [0.15, 0.2) is 0 Å². The van der Waals surface area contributed by atoms with E-state index < -0.39 is 5.97 Å². The van der Waals surface area contributed by atoms with Crippen molar-refractivity contribution >= 4 is 38.7 Å². The molecule has 0 aliphatic rings. The summed E-state index contributed by atoms with van der Waals surface area (Å²) < 4.78 is 27.9. The third-order valence-corrected chi connectivity index (χ3v) is 4.34. The molecule has 0 bridgehead atoms. The maximum absolute atomic E-state index is 11.7. The molecule has 0 N–H and O–H groups in total. The van der Waals surface area contributed by atoms with Crippen LogP contribution in [-0.2, 0) is 9.53 Å². The summed E-state index contributed by atoms with van der Waals surface area (Å²) in [6.45, 7) is 2.06. The molecule has 2 aromatic rings. The number of methoxy groups -OCH3 is 4. The van der Waals surface area contributed by atoms with E-state index in [-0.39, 0.29) is 0 Å². The largest absolute Gasteiger partial charge is 0.496 e. The minimum Gasteiger partial charge on any atom is -0.496 e. The first kappa shape index (κ1) is 19.9. The highest BCUT2D eigenvalue weighted by atomic mass is 79.9. The van der Waals surface area contributed by atoms with Crippen LogP contribution in [-0.4, -0.2) is 41.0 Å². The number of esters is 1. The van der Waals surface area contributed by atoms with Crippen molar-refractivity contribution in [1.82, 2.24) is 0 Å². The molecule has 0 heterocycles. The predicted molar refractivity (Wildman–Crippen MR) is 104 cm³/mol. The van der Waals surface area contributed by atoms with Gasteiger partial charge >= 0.3 is 5.97 Å². The fourth-order valence-corrected chi connectivity index (χ4v) is 3.27. The van der Waals surface area contributed by atoms with E-state index in [1.54, 1.807) is 53.6 Å². The number of carbonyl (C=O) groups excluding carboxylic acids is 1. The summed E-state index contributed by atoms with van der Waals surface area (Å²) in [5.74, 6) is 1.82.